The van der Waals surface area contributed by atoms with Crippen LogP contribution in [0.5, 0.6) is 0 Å². The van der Waals surface area contributed by atoms with Crippen molar-refractivity contribution in [2.75, 3.05) is 11.4 Å². The minimum absolute atomic E-state index is 0.704. The van der Waals surface area contributed by atoms with E-state index in [1.165, 1.54) is 22.4 Å². The first-order valence-corrected chi connectivity index (χ1v) is 13.7. The number of halogens is 2. The number of aromatic amines is 1. The van der Waals surface area contributed by atoms with Crippen LogP contribution in [-0.4, -0.2) is 31.3 Å². The number of benzene rings is 2. The van der Waals surface area contributed by atoms with E-state index in [9.17, 15) is 0 Å². The molecule has 3 aromatic heterocycles. The molecule has 0 atom stereocenters. The van der Waals surface area contributed by atoms with Crippen LogP contribution in [0.3, 0.4) is 0 Å². The molecule has 2 aromatic carbocycles. The van der Waals surface area contributed by atoms with E-state index in [0.717, 1.165) is 68.2 Å². The molecule has 36 heavy (non-hydrogen) atoms. The quantitative estimate of drug-likeness (QED) is 0.224. The summed E-state index contributed by atoms with van der Waals surface area (Å²) in [4.78, 5) is 14.8. The van der Waals surface area contributed by atoms with Crippen LogP contribution >= 0.6 is 34.2 Å². The van der Waals surface area contributed by atoms with E-state index in [4.69, 9.17) is 16.7 Å². The van der Waals surface area contributed by atoms with Crippen LogP contribution in [0.1, 0.15) is 36.2 Å². The fourth-order valence-electron chi connectivity index (χ4n) is 5.27. The number of hydrogen-bond acceptors (Lipinski definition) is 4. The Morgan fingerprint density at radius 2 is 1.78 bits per heavy atom. The van der Waals surface area contributed by atoms with Crippen molar-refractivity contribution in [3.63, 3.8) is 0 Å². The zero-order valence-electron chi connectivity index (χ0n) is 20.2. The van der Waals surface area contributed by atoms with Crippen molar-refractivity contribution in [1.29, 1.82) is 0 Å². The molecule has 6 nitrogen and oxygen atoms in total. The van der Waals surface area contributed by atoms with Crippen LogP contribution in [0, 0.1) is 3.57 Å². The molecule has 0 aliphatic carbocycles. The van der Waals surface area contributed by atoms with Gasteiger partial charge in [0.15, 0.2) is 0 Å². The van der Waals surface area contributed by atoms with E-state index in [1.54, 1.807) is 0 Å². The summed E-state index contributed by atoms with van der Waals surface area (Å²) in [6.45, 7) is 5.96. The van der Waals surface area contributed by atoms with Gasteiger partial charge in [-0.25, -0.2) is 14.6 Å². The topological polar surface area (TPSA) is 62.6 Å². The Bertz CT molecular complexity index is 1550. The molecule has 1 N–H and O–H groups in total. The third-order valence-corrected chi connectivity index (χ3v) is 7.90. The Morgan fingerprint density at radius 3 is 2.50 bits per heavy atom. The first-order valence-electron chi connectivity index (χ1n) is 12.3. The van der Waals surface area contributed by atoms with E-state index in [1.807, 2.05) is 24.7 Å². The zero-order valence-corrected chi connectivity index (χ0v) is 23.1. The Hall–Kier alpha value is -2.91. The van der Waals surface area contributed by atoms with E-state index < -0.39 is 0 Å². The Morgan fingerprint density at radius 1 is 1.03 bits per heavy atom. The van der Waals surface area contributed by atoms with Gasteiger partial charge in [0.05, 0.1) is 27.6 Å². The maximum atomic E-state index is 6.56. The third kappa shape index (κ3) is 3.89. The average molecular weight is 609 g/mol. The molecular weight excluding hydrogens is 583 g/mol. The van der Waals surface area contributed by atoms with Crippen LogP contribution in [0.2, 0.25) is 5.02 Å². The molecule has 0 radical (unpaired) electrons. The number of aromatic nitrogens is 5. The van der Waals surface area contributed by atoms with Crippen molar-refractivity contribution in [2.24, 2.45) is 0 Å². The fourth-order valence-corrected chi connectivity index (χ4v) is 5.76. The average Bonchev–Trinajstić information content (AvgIpc) is 3.54. The van der Waals surface area contributed by atoms with Gasteiger partial charge < -0.3 is 9.88 Å². The number of hydrogen-bond donors (Lipinski definition) is 1. The summed E-state index contributed by atoms with van der Waals surface area (Å²) in [5.41, 5.74) is 9.35. The van der Waals surface area contributed by atoms with Crippen molar-refractivity contribution in [3.05, 3.63) is 86.0 Å². The van der Waals surface area contributed by atoms with Crippen molar-refractivity contribution >= 4 is 51.0 Å². The van der Waals surface area contributed by atoms with Gasteiger partial charge >= 0.3 is 0 Å². The lowest BCUT2D eigenvalue weighted by molar-refractivity contribution is 0.694. The summed E-state index contributed by atoms with van der Waals surface area (Å²) in [6, 6.07) is 12.8. The van der Waals surface area contributed by atoms with Crippen molar-refractivity contribution in [2.45, 2.75) is 39.7 Å². The van der Waals surface area contributed by atoms with Crippen molar-refractivity contribution in [1.82, 2.24) is 24.7 Å². The van der Waals surface area contributed by atoms with Crippen molar-refractivity contribution < 1.29 is 0 Å². The highest BCUT2D eigenvalue weighted by Gasteiger charge is 2.29. The number of nitrogens with zero attached hydrogens (tertiary/aromatic N) is 5. The SMILES string of the molecule is CCc1cccc(CC)c1-n1nc2c(c1-c1ccc(Cl)c3[nH]ccc13)CN(c1ncc(I)cn1)CC2. The second-order valence-electron chi connectivity index (χ2n) is 9.05. The predicted molar refractivity (Wildman–Crippen MR) is 154 cm³/mol. The molecule has 0 amide bonds. The number of fused-ring (bicyclic) bond motifs is 2. The van der Waals surface area contributed by atoms with E-state index >= 15 is 0 Å². The van der Waals surface area contributed by atoms with Gasteiger partial charge in [-0.2, -0.15) is 5.10 Å². The van der Waals surface area contributed by atoms with Crippen molar-refractivity contribution in [3.8, 4) is 16.9 Å². The second-order valence-corrected chi connectivity index (χ2v) is 10.7. The summed E-state index contributed by atoms with van der Waals surface area (Å²) in [7, 11) is 0. The zero-order chi connectivity index (χ0) is 24.8. The van der Waals surface area contributed by atoms with E-state index in [-0.39, 0.29) is 0 Å². The number of anilines is 1. The molecule has 0 saturated heterocycles. The molecule has 1 aliphatic rings. The molecule has 8 heteroatoms. The van der Waals surface area contributed by atoms with Gasteiger partial charge in [0.25, 0.3) is 0 Å². The molecule has 1 aliphatic heterocycles. The highest BCUT2D eigenvalue weighted by Crippen LogP contribution is 2.40. The summed E-state index contributed by atoms with van der Waals surface area (Å²) in [5, 5.41) is 7.09. The van der Waals surface area contributed by atoms with Gasteiger partial charge in [0.1, 0.15) is 0 Å². The van der Waals surface area contributed by atoms with Gasteiger partial charge in [-0.05, 0) is 58.7 Å². The van der Waals surface area contributed by atoms with Crippen LogP contribution in [0.25, 0.3) is 27.8 Å². The maximum Gasteiger partial charge on any atom is 0.225 e. The lowest BCUT2D eigenvalue weighted by atomic mass is 9.97. The normalized spacial score (nSPS) is 13.4. The molecule has 4 heterocycles. The molecule has 0 bridgehead atoms. The lowest BCUT2D eigenvalue weighted by Gasteiger charge is -2.27. The molecule has 0 fully saturated rings. The molecule has 0 unspecified atom stereocenters. The maximum absolute atomic E-state index is 6.56. The Balaban J connectivity index is 1.61. The molecule has 0 saturated carbocycles. The lowest BCUT2D eigenvalue weighted by Crippen LogP contribution is -2.31. The molecular formula is C28H26ClIN6. The number of para-hydroxylation sites is 1. The van der Waals surface area contributed by atoms with Gasteiger partial charge in [-0.3, -0.25) is 0 Å². The van der Waals surface area contributed by atoms with Crippen LogP contribution in [0.15, 0.2) is 55.0 Å². The Labute approximate surface area is 228 Å². The minimum Gasteiger partial charge on any atom is -0.360 e. The molecule has 0 spiro atoms. The molecule has 5 aromatic rings. The fraction of sp³-hybridized carbons (Fsp3) is 0.250. The third-order valence-electron chi connectivity index (χ3n) is 7.03. The second kappa shape index (κ2) is 9.52. The highest BCUT2D eigenvalue weighted by molar-refractivity contribution is 14.1. The van der Waals surface area contributed by atoms with Crippen LogP contribution in [0.4, 0.5) is 5.95 Å². The largest absolute Gasteiger partial charge is 0.360 e. The molecule has 182 valence electrons. The van der Waals surface area contributed by atoms with Gasteiger partial charge in [-0.15, -0.1) is 0 Å². The highest BCUT2D eigenvalue weighted by atomic mass is 127. The minimum atomic E-state index is 0.704. The van der Waals surface area contributed by atoms with Gasteiger partial charge in [0.2, 0.25) is 5.95 Å². The number of H-pyrrole nitrogens is 1. The molecule has 6 rings (SSSR count). The van der Waals surface area contributed by atoms with Crippen LogP contribution < -0.4 is 4.90 Å². The van der Waals surface area contributed by atoms with Gasteiger partial charge in [0, 0.05) is 58.2 Å². The summed E-state index contributed by atoms with van der Waals surface area (Å²) in [5.74, 6) is 0.755. The first kappa shape index (κ1) is 23.5. The Kier molecular flexibility index (Phi) is 6.21. The number of nitrogens with one attached hydrogen (secondary N) is 1. The van der Waals surface area contributed by atoms with E-state index in [0.29, 0.717) is 6.54 Å². The number of aryl methyl sites for hydroxylation is 2. The summed E-state index contributed by atoms with van der Waals surface area (Å²) >= 11 is 8.81. The van der Waals surface area contributed by atoms with Crippen LogP contribution in [-0.2, 0) is 25.8 Å². The smallest absolute Gasteiger partial charge is 0.225 e. The van der Waals surface area contributed by atoms with Gasteiger partial charge in [-0.1, -0.05) is 49.7 Å². The number of rotatable bonds is 5. The summed E-state index contributed by atoms with van der Waals surface area (Å²) in [6.07, 6.45) is 8.42. The first-order chi connectivity index (χ1) is 17.6. The monoisotopic (exact) mass is 608 g/mol. The predicted octanol–water partition coefficient (Wildman–Crippen LogP) is 6.76. The standard InChI is InChI=1S/C28H26ClIN6/c1-3-17-6-5-7-18(4-2)26(17)36-27(21-8-9-23(29)25-20(21)10-12-31-25)22-16-35(13-11-24(22)34-36)28-32-14-19(30)15-33-28/h5-10,12,14-15,31H,3-4,11,13,16H2,1-2H3. The van der Waals surface area contributed by atoms with E-state index in [2.05, 4.69) is 91.3 Å². The summed E-state index contributed by atoms with van der Waals surface area (Å²) < 4.78 is 3.23.